The molecule has 1 aliphatic carbocycles. The molecular weight excluding hydrogens is 216 g/mol. The Bertz CT molecular complexity index is 479. The van der Waals surface area contributed by atoms with Crippen LogP contribution in [0.2, 0.25) is 0 Å². The van der Waals surface area contributed by atoms with E-state index in [0.717, 1.165) is 6.42 Å². The highest BCUT2D eigenvalue weighted by atomic mass is 35.5. The second-order valence-electron chi connectivity index (χ2n) is 3.91. The van der Waals surface area contributed by atoms with Crippen LogP contribution in [0.1, 0.15) is 22.3 Å². The van der Waals surface area contributed by atoms with Crippen molar-refractivity contribution in [2.75, 3.05) is 0 Å². The van der Waals surface area contributed by atoms with Gasteiger partial charge in [0.2, 0.25) is 0 Å². The van der Waals surface area contributed by atoms with E-state index in [1.165, 1.54) is 22.3 Å². The summed E-state index contributed by atoms with van der Waals surface area (Å²) in [6.07, 6.45) is 5.46. The quantitative estimate of drug-likeness (QED) is 0.542. The normalized spacial score (nSPS) is 12.0. The number of rotatable bonds is 0. The molecule has 0 aliphatic heterocycles. The SMILES string of the molecule is C1=Cc2ccccc2Cc2ccccc21.Cl. The van der Waals surface area contributed by atoms with Crippen LogP contribution < -0.4 is 0 Å². The molecule has 1 heteroatoms. The van der Waals surface area contributed by atoms with E-state index < -0.39 is 0 Å². The first-order chi connectivity index (χ1) is 7.43. The predicted octanol–water partition coefficient (Wildman–Crippen LogP) is 4.18. The first-order valence-corrected chi connectivity index (χ1v) is 5.27. The van der Waals surface area contributed by atoms with Crippen molar-refractivity contribution < 1.29 is 0 Å². The summed E-state index contributed by atoms with van der Waals surface area (Å²) in [5, 5.41) is 0. The average Bonchev–Trinajstić information content (AvgIpc) is 2.48. The fourth-order valence-corrected chi connectivity index (χ4v) is 2.10. The Balaban J connectivity index is 0.000000963. The van der Waals surface area contributed by atoms with E-state index in [0.29, 0.717) is 0 Å². The van der Waals surface area contributed by atoms with Crippen LogP contribution in [-0.4, -0.2) is 0 Å². The molecule has 0 saturated heterocycles. The van der Waals surface area contributed by atoms with Crippen molar-refractivity contribution in [3.63, 3.8) is 0 Å². The van der Waals surface area contributed by atoms with Crippen molar-refractivity contribution in [3.8, 4) is 0 Å². The molecule has 0 fully saturated rings. The van der Waals surface area contributed by atoms with E-state index in [-0.39, 0.29) is 12.4 Å². The molecule has 16 heavy (non-hydrogen) atoms. The van der Waals surface area contributed by atoms with E-state index in [9.17, 15) is 0 Å². The van der Waals surface area contributed by atoms with Crippen LogP contribution in [0.15, 0.2) is 48.5 Å². The van der Waals surface area contributed by atoms with Crippen molar-refractivity contribution in [1.29, 1.82) is 0 Å². The molecule has 0 aromatic heterocycles. The summed E-state index contributed by atoms with van der Waals surface area (Å²) in [7, 11) is 0. The lowest BCUT2D eigenvalue weighted by Gasteiger charge is -2.04. The topological polar surface area (TPSA) is 0 Å². The van der Waals surface area contributed by atoms with Gasteiger partial charge in [-0.25, -0.2) is 0 Å². The van der Waals surface area contributed by atoms with Gasteiger partial charge in [-0.05, 0) is 28.7 Å². The van der Waals surface area contributed by atoms with Gasteiger partial charge in [-0.2, -0.15) is 0 Å². The fourth-order valence-electron chi connectivity index (χ4n) is 2.10. The maximum atomic E-state index is 2.21. The molecule has 2 aromatic rings. The highest BCUT2D eigenvalue weighted by Crippen LogP contribution is 2.24. The van der Waals surface area contributed by atoms with E-state index in [4.69, 9.17) is 0 Å². The highest BCUT2D eigenvalue weighted by molar-refractivity contribution is 5.85. The first kappa shape index (κ1) is 11.0. The molecule has 0 unspecified atom stereocenters. The molecule has 0 radical (unpaired) electrons. The lowest BCUT2D eigenvalue weighted by molar-refractivity contribution is 1.18. The van der Waals surface area contributed by atoms with E-state index in [2.05, 4.69) is 60.7 Å². The molecule has 0 spiro atoms. The Hall–Kier alpha value is -1.53. The Morgan fingerprint density at radius 2 is 1.06 bits per heavy atom. The van der Waals surface area contributed by atoms with Gasteiger partial charge in [0.1, 0.15) is 0 Å². The molecule has 80 valence electrons. The standard InChI is InChI=1S/C15H12.ClH/c1-3-7-14-11-15-8-4-2-6-13(15)10-9-12(14)5-1;/h1-10H,11H2;1H. The van der Waals surface area contributed by atoms with Crippen LogP contribution in [0.3, 0.4) is 0 Å². The summed E-state index contributed by atoms with van der Waals surface area (Å²) in [5.74, 6) is 0. The summed E-state index contributed by atoms with van der Waals surface area (Å²) in [4.78, 5) is 0. The van der Waals surface area contributed by atoms with Gasteiger partial charge in [-0.1, -0.05) is 60.7 Å². The lowest BCUT2D eigenvalue weighted by Crippen LogP contribution is -1.90. The molecule has 0 N–H and O–H groups in total. The monoisotopic (exact) mass is 228 g/mol. The van der Waals surface area contributed by atoms with Crippen LogP contribution >= 0.6 is 12.4 Å². The van der Waals surface area contributed by atoms with Crippen LogP contribution in [0.4, 0.5) is 0 Å². The fraction of sp³-hybridized carbons (Fsp3) is 0.0667. The third kappa shape index (κ3) is 1.89. The second kappa shape index (κ2) is 4.54. The van der Waals surface area contributed by atoms with Gasteiger partial charge in [0.25, 0.3) is 0 Å². The molecule has 0 amide bonds. The molecular formula is C15H13Cl. The summed E-state index contributed by atoms with van der Waals surface area (Å²) < 4.78 is 0. The van der Waals surface area contributed by atoms with Crippen LogP contribution in [-0.2, 0) is 6.42 Å². The van der Waals surface area contributed by atoms with Crippen LogP contribution in [0, 0.1) is 0 Å². The van der Waals surface area contributed by atoms with Gasteiger partial charge < -0.3 is 0 Å². The highest BCUT2D eigenvalue weighted by Gasteiger charge is 2.06. The van der Waals surface area contributed by atoms with Crippen molar-refractivity contribution in [2.45, 2.75) is 6.42 Å². The molecule has 0 heterocycles. The number of hydrogen-bond acceptors (Lipinski definition) is 0. The Morgan fingerprint density at radius 1 is 0.625 bits per heavy atom. The zero-order valence-electron chi connectivity index (χ0n) is 8.89. The molecule has 2 aromatic carbocycles. The van der Waals surface area contributed by atoms with Crippen molar-refractivity contribution in [3.05, 3.63) is 70.8 Å². The van der Waals surface area contributed by atoms with Crippen molar-refractivity contribution >= 4 is 24.6 Å². The number of fused-ring (bicyclic) bond motifs is 2. The molecule has 0 nitrogen and oxygen atoms in total. The van der Waals surface area contributed by atoms with Gasteiger partial charge in [-0.15, -0.1) is 12.4 Å². The maximum Gasteiger partial charge on any atom is -0.00139 e. The number of hydrogen-bond donors (Lipinski definition) is 0. The molecule has 0 saturated carbocycles. The Morgan fingerprint density at radius 3 is 1.56 bits per heavy atom. The second-order valence-corrected chi connectivity index (χ2v) is 3.91. The number of benzene rings is 2. The predicted molar refractivity (Wildman–Crippen MR) is 71.9 cm³/mol. The van der Waals surface area contributed by atoms with Crippen molar-refractivity contribution in [1.82, 2.24) is 0 Å². The van der Waals surface area contributed by atoms with E-state index in [1.54, 1.807) is 0 Å². The molecule has 0 atom stereocenters. The van der Waals surface area contributed by atoms with Gasteiger partial charge in [0, 0.05) is 0 Å². The smallest absolute Gasteiger partial charge is 0.00139 e. The maximum absolute atomic E-state index is 2.21. The molecule has 0 bridgehead atoms. The Kier molecular flexibility index (Phi) is 3.12. The minimum Gasteiger partial charge on any atom is -0.147 e. The largest absolute Gasteiger partial charge is 0.147 e. The van der Waals surface area contributed by atoms with Crippen LogP contribution in [0.25, 0.3) is 12.2 Å². The summed E-state index contributed by atoms with van der Waals surface area (Å²) in [5.41, 5.74) is 5.51. The lowest BCUT2D eigenvalue weighted by atomic mass is 10.0. The third-order valence-corrected chi connectivity index (χ3v) is 2.93. The van der Waals surface area contributed by atoms with Crippen LogP contribution in [0.5, 0.6) is 0 Å². The summed E-state index contributed by atoms with van der Waals surface area (Å²) >= 11 is 0. The minimum atomic E-state index is 0. The van der Waals surface area contributed by atoms with E-state index >= 15 is 0 Å². The third-order valence-electron chi connectivity index (χ3n) is 2.93. The van der Waals surface area contributed by atoms with Gasteiger partial charge >= 0.3 is 0 Å². The van der Waals surface area contributed by atoms with Crippen molar-refractivity contribution in [2.24, 2.45) is 0 Å². The zero-order valence-corrected chi connectivity index (χ0v) is 9.71. The molecule has 3 rings (SSSR count). The summed E-state index contributed by atoms with van der Waals surface area (Å²) in [6, 6.07) is 17.2. The van der Waals surface area contributed by atoms with E-state index in [1.807, 2.05) is 0 Å². The summed E-state index contributed by atoms with van der Waals surface area (Å²) in [6.45, 7) is 0. The average molecular weight is 229 g/mol. The zero-order chi connectivity index (χ0) is 10.1. The minimum absolute atomic E-state index is 0. The number of halogens is 1. The van der Waals surface area contributed by atoms with Gasteiger partial charge in [-0.3, -0.25) is 0 Å². The first-order valence-electron chi connectivity index (χ1n) is 5.27. The molecule has 1 aliphatic rings. The van der Waals surface area contributed by atoms with Gasteiger partial charge in [0.05, 0.1) is 0 Å². The Labute approximate surface area is 102 Å². The van der Waals surface area contributed by atoms with Gasteiger partial charge in [0.15, 0.2) is 0 Å².